The first-order valence-corrected chi connectivity index (χ1v) is 8.48. The summed E-state index contributed by atoms with van der Waals surface area (Å²) in [4.78, 5) is 37.2. The van der Waals surface area contributed by atoms with Crippen LogP contribution < -0.4 is 10.2 Å². The van der Waals surface area contributed by atoms with Crippen molar-refractivity contribution in [1.29, 1.82) is 0 Å². The molecule has 1 amide bonds. The summed E-state index contributed by atoms with van der Waals surface area (Å²) in [6, 6.07) is 7.33. The van der Waals surface area contributed by atoms with Gasteiger partial charge in [-0.2, -0.15) is 0 Å². The predicted molar refractivity (Wildman–Crippen MR) is 92.7 cm³/mol. The molecule has 0 spiro atoms. The Kier molecular flexibility index (Phi) is 7.40. The van der Waals surface area contributed by atoms with Crippen molar-refractivity contribution in [2.24, 2.45) is 0 Å². The van der Waals surface area contributed by atoms with Gasteiger partial charge in [0.05, 0.1) is 32.8 Å². The average Bonchev–Trinajstić information content (AvgIpc) is 2.65. The predicted octanol–water partition coefficient (Wildman–Crippen LogP) is 1.17. The first-order valence-electron chi connectivity index (χ1n) is 8.48. The monoisotopic (exact) mass is 348 g/mol. The van der Waals surface area contributed by atoms with Crippen LogP contribution in [0.25, 0.3) is 0 Å². The number of anilines is 1. The Morgan fingerprint density at radius 2 is 1.80 bits per heavy atom. The number of nitrogens with one attached hydrogen (secondary N) is 1. The molecule has 1 aliphatic rings. The fourth-order valence-electron chi connectivity index (χ4n) is 2.50. The molecule has 25 heavy (non-hydrogen) atoms. The Hall–Kier alpha value is -2.41. The Labute approximate surface area is 147 Å². The maximum Gasteiger partial charge on any atom is 0.306 e. The molecule has 0 aliphatic carbocycles. The summed E-state index contributed by atoms with van der Waals surface area (Å²) in [5.41, 5.74) is 1.60. The highest BCUT2D eigenvalue weighted by molar-refractivity contribution is 5.99. The lowest BCUT2D eigenvalue weighted by Crippen LogP contribution is -2.36. The fraction of sp³-hybridized carbons (Fsp3) is 0.500. The number of benzene rings is 1. The van der Waals surface area contributed by atoms with Gasteiger partial charge in [0, 0.05) is 30.8 Å². The van der Waals surface area contributed by atoms with Crippen molar-refractivity contribution in [2.75, 3.05) is 44.4 Å². The molecule has 0 saturated carbocycles. The molecule has 136 valence electrons. The molecular formula is C18H24N2O5. The smallest absolute Gasteiger partial charge is 0.306 e. The van der Waals surface area contributed by atoms with Crippen molar-refractivity contribution < 1.29 is 23.9 Å². The third-order valence-electron chi connectivity index (χ3n) is 3.87. The highest BCUT2D eigenvalue weighted by atomic mass is 16.5. The third kappa shape index (κ3) is 6.19. The highest BCUT2D eigenvalue weighted by Gasteiger charge is 2.13. The third-order valence-corrected chi connectivity index (χ3v) is 3.87. The van der Waals surface area contributed by atoms with E-state index in [1.165, 1.54) is 0 Å². The van der Waals surface area contributed by atoms with Crippen LogP contribution >= 0.6 is 0 Å². The molecule has 1 aromatic carbocycles. The fourth-order valence-corrected chi connectivity index (χ4v) is 2.50. The van der Waals surface area contributed by atoms with Gasteiger partial charge in [0.15, 0.2) is 5.78 Å². The zero-order chi connectivity index (χ0) is 18.1. The molecule has 0 radical (unpaired) electrons. The van der Waals surface area contributed by atoms with Crippen LogP contribution in [-0.4, -0.2) is 57.1 Å². The molecule has 0 aromatic heterocycles. The number of carbonyl (C=O) groups is 3. The number of esters is 1. The van der Waals surface area contributed by atoms with Gasteiger partial charge < -0.3 is 19.7 Å². The minimum atomic E-state index is -0.414. The standard InChI is InChI=1S/C18H24N2O5/c1-2-25-18(23)8-7-17(22)19-13-16(21)14-3-5-15(6-4-14)20-9-11-24-12-10-20/h3-6H,2,7-13H2,1H3,(H,19,22). The van der Waals surface area contributed by atoms with Crippen molar-refractivity contribution in [2.45, 2.75) is 19.8 Å². The number of hydrogen-bond acceptors (Lipinski definition) is 6. The summed E-state index contributed by atoms with van der Waals surface area (Å²) in [6.45, 7) is 5.00. The second-order valence-electron chi connectivity index (χ2n) is 5.65. The number of hydrogen-bond donors (Lipinski definition) is 1. The number of amides is 1. The van der Waals surface area contributed by atoms with E-state index in [1.807, 2.05) is 12.1 Å². The van der Waals surface area contributed by atoms with Gasteiger partial charge in [-0.15, -0.1) is 0 Å². The Morgan fingerprint density at radius 1 is 1.12 bits per heavy atom. The Morgan fingerprint density at radius 3 is 2.44 bits per heavy atom. The molecule has 1 aliphatic heterocycles. The van der Waals surface area contributed by atoms with E-state index in [9.17, 15) is 14.4 Å². The van der Waals surface area contributed by atoms with E-state index in [4.69, 9.17) is 9.47 Å². The van der Waals surface area contributed by atoms with Crippen LogP contribution in [0.2, 0.25) is 0 Å². The molecule has 7 heteroatoms. The first-order chi connectivity index (χ1) is 12.1. The molecule has 0 unspecified atom stereocenters. The largest absolute Gasteiger partial charge is 0.466 e. The summed E-state index contributed by atoms with van der Waals surface area (Å²) in [6.07, 6.45) is 0.0319. The van der Waals surface area contributed by atoms with E-state index in [2.05, 4.69) is 10.2 Å². The van der Waals surface area contributed by atoms with Crippen LogP contribution in [0.1, 0.15) is 30.1 Å². The summed E-state index contributed by atoms with van der Waals surface area (Å²) in [5, 5.41) is 2.53. The van der Waals surface area contributed by atoms with E-state index < -0.39 is 5.97 Å². The van der Waals surface area contributed by atoms with Crippen LogP contribution in [-0.2, 0) is 19.1 Å². The van der Waals surface area contributed by atoms with Crippen LogP contribution in [0.3, 0.4) is 0 Å². The topological polar surface area (TPSA) is 84.9 Å². The molecule has 2 rings (SSSR count). The summed E-state index contributed by atoms with van der Waals surface area (Å²) < 4.78 is 10.1. The second-order valence-corrected chi connectivity index (χ2v) is 5.65. The molecule has 1 N–H and O–H groups in total. The van der Waals surface area contributed by atoms with Crippen LogP contribution in [0, 0.1) is 0 Å². The molecular weight excluding hydrogens is 324 g/mol. The van der Waals surface area contributed by atoms with Crippen molar-refractivity contribution >= 4 is 23.3 Å². The van der Waals surface area contributed by atoms with E-state index in [0.29, 0.717) is 25.4 Å². The lowest BCUT2D eigenvalue weighted by molar-refractivity contribution is -0.144. The Bertz CT molecular complexity index is 594. The van der Waals surface area contributed by atoms with Crippen molar-refractivity contribution in [3.63, 3.8) is 0 Å². The quantitative estimate of drug-likeness (QED) is 0.561. The molecule has 0 bridgehead atoms. The molecule has 1 heterocycles. The van der Waals surface area contributed by atoms with E-state index in [0.717, 1.165) is 18.8 Å². The van der Waals surface area contributed by atoms with Gasteiger partial charge >= 0.3 is 5.97 Å². The minimum Gasteiger partial charge on any atom is -0.466 e. The van der Waals surface area contributed by atoms with Gasteiger partial charge in [0.1, 0.15) is 0 Å². The van der Waals surface area contributed by atoms with Crippen molar-refractivity contribution in [1.82, 2.24) is 5.32 Å². The molecule has 1 saturated heterocycles. The van der Waals surface area contributed by atoms with E-state index in [-0.39, 0.29) is 31.1 Å². The zero-order valence-electron chi connectivity index (χ0n) is 14.5. The van der Waals surface area contributed by atoms with Gasteiger partial charge in [-0.25, -0.2) is 0 Å². The number of morpholine rings is 1. The summed E-state index contributed by atoms with van der Waals surface area (Å²) >= 11 is 0. The number of carbonyl (C=O) groups excluding carboxylic acids is 3. The van der Waals surface area contributed by atoms with Gasteiger partial charge in [-0.3, -0.25) is 14.4 Å². The molecule has 7 nitrogen and oxygen atoms in total. The molecule has 1 fully saturated rings. The zero-order valence-corrected chi connectivity index (χ0v) is 14.5. The number of ketones is 1. The van der Waals surface area contributed by atoms with E-state index in [1.54, 1.807) is 19.1 Å². The van der Waals surface area contributed by atoms with Gasteiger partial charge in [-0.05, 0) is 31.2 Å². The molecule has 1 aromatic rings. The average molecular weight is 348 g/mol. The van der Waals surface area contributed by atoms with E-state index >= 15 is 0 Å². The van der Waals surface area contributed by atoms with Crippen LogP contribution in [0.5, 0.6) is 0 Å². The summed E-state index contributed by atoms with van der Waals surface area (Å²) in [5.74, 6) is -0.924. The first kappa shape index (κ1) is 18.9. The maximum absolute atomic E-state index is 12.1. The lowest BCUT2D eigenvalue weighted by atomic mass is 10.1. The van der Waals surface area contributed by atoms with Crippen LogP contribution in [0.15, 0.2) is 24.3 Å². The SMILES string of the molecule is CCOC(=O)CCC(=O)NCC(=O)c1ccc(N2CCOCC2)cc1. The molecule has 0 atom stereocenters. The number of nitrogens with zero attached hydrogens (tertiary/aromatic N) is 1. The van der Waals surface area contributed by atoms with Gasteiger partial charge in [0.25, 0.3) is 0 Å². The number of Topliss-reactive ketones (excluding diaryl/α,β-unsaturated/α-hetero) is 1. The Balaban J connectivity index is 1.76. The van der Waals surface area contributed by atoms with Crippen molar-refractivity contribution in [3.8, 4) is 0 Å². The minimum absolute atomic E-state index is 0.0160. The maximum atomic E-state index is 12.1. The van der Waals surface area contributed by atoms with Crippen LogP contribution in [0.4, 0.5) is 5.69 Å². The lowest BCUT2D eigenvalue weighted by Gasteiger charge is -2.28. The highest BCUT2D eigenvalue weighted by Crippen LogP contribution is 2.16. The number of ether oxygens (including phenoxy) is 2. The summed E-state index contributed by atoms with van der Waals surface area (Å²) in [7, 11) is 0. The normalized spacial score (nSPS) is 14.0. The van der Waals surface area contributed by atoms with Gasteiger partial charge in [-0.1, -0.05) is 0 Å². The van der Waals surface area contributed by atoms with Crippen molar-refractivity contribution in [3.05, 3.63) is 29.8 Å². The second kappa shape index (κ2) is 9.78. The number of rotatable bonds is 8. The van der Waals surface area contributed by atoms with Gasteiger partial charge in [0.2, 0.25) is 5.91 Å².